The van der Waals surface area contributed by atoms with E-state index in [0.29, 0.717) is 0 Å². The first-order valence-corrected chi connectivity index (χ1v) is 3.98. The molecule has 0 atom stereocenters. The molecular formula is C8H8F2N2S. The largest absolute Gasteiger partial charge is 0.366 e. The first-order chi connectivity index (χ1) is 6.15. The van der Waals surface area contributed by atoms with Crippen LogP contribution in [0.1, 0.15) is 0 Å². The molecule has 0 saturated carbocycles. The Morgan fingerprint density at radius 2 is 2.08 bits per heavy atom. The van der Waals surface area contributed by atoms with E-state index in [1.54, 1.807) is 7.05 Å². The van der Waals surface area contributed by atoms with E-state index in [0.717, 1.165) is 6.07 Å². The molecule has 0 aliphatic carbocycles. The molecule has 2 nitrogen and oxygen atoms in total. The second-order valence-corrected chi connectivity index (χ2v) is 2.71. The first-order valence-electron chi connectivity index (χ1n) is 3.58. The smallest absolute Gasteiger partial charge is 0.182 e. The van der Waals surface area contributed by atoms with Gasteiger partial charge in [-0.2, -0.15) is 0 Å². The number of benzene rings is 1. The molecule has 2 N–H and O–H groups in total. The number of nitrogens with one attached hydrogen (secondary N) is 2. The van der Waals surface area contributed by atoms with Crippen molar-refractivity contribution in [3.63, 3.8) is 0 Å². The van der Waals surface area contributed by atoms with Gasteiger partial charge in [0.05, 0.1) is 5.69 Å². The fraction of sp³-hybridized carbons (Fsp3) is 0.125. The lowest BCUT2D eigenvalue weighted by atomic mass is 10.3. The Bertz CT molecular complexity index is 328. The molecule has 0 heterocycles. The van der Waals surface area contributed by atoms with Gasteiger partial charge >= 0.3 is 0 Å². The highest BCUT2D eigenvalue weighted by atomic mass is 32.1. The van der Waals surface area contributed by atoms with Crippen LogP contribution in [0.15, 0.2) is 18.2 Å². The molecule has 1 aromatic carbocycles. The predicted molar refractivity (Wildman–Crippen MR) is 51.6 cm³/mol. The van der Waals surface area contributed by atoms with Crippen LogP contribution in [0.25, 0.3) is 0 Å². The van der Waals surface area contributed by atoms with E-state index in [-0.39, 0.29) is 10.8 Å². The molecule has 0 aliphatic heterocycles. The van der Waals surface area contributed by atoms with E-state index in [2.05, 4.69) is 10.6 Å². The van der Waals surface area contributed by atoms with Crippen molar-refractivity contribution in [2.75, 3.05) is 12.4 Å². The van der Waals surface area contributed by atoms with Crippen LogP contribution in [0.2, 0.25) is 0 Å². The molecule has 5 heteroatoms. The Labute approximate surface area is 80.0 Å². The third kappa shape index (κ3) is 2.35. The molecule has 1 rings (SSSR count). The Hall–Kier alpha value is -1.23. The summed E-state index contributed by atoms with van der Waals surface area (Å²) >= 11 is 4.73. The Morgan fingerprint density at radius 3 is 2.69 bits per heavy atom. The van der Waals surface area contributed by atoms with Gasteiger partial charge in [-0.1, -0.05) is 6.07 Å². The zero-order valence-electron chi connectivity index (χ0n) is 6.90. The average Bonchev–Trinajstić information content (AvgIpc) is 2.13. The normalized spacial score (nSPS) is 9.46. The molecule has 0 bridgehead atoms. The summed E-state index contributed by atoms with van der Waals surface area (Å²) in [7, 11) is 1.59. The number of halogens is 2. The molecule has 0 amide bonds. The maximum atomic E-state index is 13.0. The summed E-state index contributed by atoms with van der Waals surface area (Å²) in [5.74, 6) is -1.83. The number of rotatable bonds is 1. The minimum Gasteiger partial charge on any atom is -0.366 e. The predicted octanol–water partition coefficient (Wildman–Crippen LogP) is 1.88. The fourth-order valence-electron chi connectivity index (χ4n) is 0.785. The minimum absolute atomic E-state index is 0.0272. The number of anilines is 1. The first kappa shape index (κ1) is 9.85. The summed E-state index contributed by atoms with van der Waals surface area (Å²) in [4.78, 5) is 0. The lowest BCUT2D eigenvalue weighted by molar-refractivity contribution is 0.512. The third-order valence-electron chi connectivity index (χ3n) is 1.43. The van der Waals surface area contributed by atoms with Gasteiger partial charge in [0.1, 0.15) is 0 Å². The fourth-order valence-corrected chi connectivity index (χ4v) is 0.895. The maximum Gasteiger partial charge on any atom is 0.182 e. The van der Waals surface area contributed by atoms with Gasteiger partial charge in [-0.25, -0.2) is 8.78 Å². The monoisotopic (exact) mass is 202 g/mol. The summed E-state index contributed by atoms with van der Waals surface area (Å²) in [6, 6.07) is 3.85. The lowest BCUT2D eigenvalue weighted by Gasteiger charge is -2.07. The van der Waals surface area contributed by atoms with Crippen LogP contribution in [-0.4, -0.2) is 12.2 Å². The van der Waals surface area contributed by atoms with E-state index in [1.165, 1.54) is 12.1 Å². The van der Waals surface area contributed by atoms with Gasteiger partial charge in [0.15, 0.2) is 16.7 Å². The molecule has 70 valence electrons. The van der Waals surface area contributed by atoms with E-state index in [4.69, 9.17) is 12.2 Å². The van der Waals surface area contributed by atoms with Crippen molar-refractivity contribution in [2.24, 2.45) is 0 Å². The standard InChI is InChI=1S/C8H8F2N2S/c1-11-8(13)12-6-4-2-3-5(9)7(6)10/h2-4H,1H3,(H2,11,12,13). The highest BCUT2D eigenvalue weighted by Gasteiger charge is 2.07. The van der Waals surface area contributed by atoms with Gasteiger partial charge in [0.2, 0.25) is 0 Å². The third-order valence-corrected chi connectivity index (χ3v) is 1.73. The van der Waals surface area contributed by atoms with Gasteiger partial charge < -0.3 is 10.6 Å². The zero-order valence-corrected chi connectivity index (χ0v) is 7.71. The Balaban J connectivity index is 2.89. The van der Waals surface area contributed by atoms with Gasteiger partial charge in [0.25, 0.3) is 0 Å². The second kappa shape index (κ2) is 4.13. The summed E-state index contributed by atoms with van der Waals surface area (Å²) in [6.45, 7) is 0. The zero-order chi connectivity index (χ0) is 9.84. The second-order valence-electron chi connectivity index (χ2n) is 2.31. The van der Waals surface area contributed by atoms with E-state index in [9.17, 15) is 8.78 Å². The summed E-state index contributed by atoms with van der Waals surface area (Å²) in [6.07, 6.45) is 0. The van der Waals surface area contributed by atoms with Crippen molar-refractivity contribution in [2.45, 2.75) is 0 Å². The molecule has 0 saturated heterocycles. The summed E-state index contributed by atoms with van der Waals surface area (Å²) in [5, 5.41) is 5.34. The molecule has 0 aromatic heterocycles. The minimum atomic E-state index is -0.930. The van der Waals surface area contributed by atoms with Crippen LogP contribution in [0.4, 0.5) is 14.5 Å². The summed E-state index contributed by atoms with van der Waals surface area (Å²) < 4.78 is 25.6. The van der Waals surface area contributed by atoms with Crippen LogP contribution >= 0.6 is 12.2 Å². The highest BCUT2D eigenvalue weighted by molar-refractivity contribution is 7.80. The molecule has 1 aromatic rings. The lowest BCUT2D eigenvalue weighted by Crippen LogP contribution is -2.24. The molecule has 0 radical (unpaired) electrons. The number of hydrogen-bond acceptors (Lipinski definition) is 1. The molecule has 0 aliphatic rings. The van der Waals surface area contributed by atoms with Crippen molar-refractivity contribution < 1.29 is 8.78 Å². The van der Waals surface area contributed by atoms with Crippen molar-refractivity contribution in [1.29, 1.82) is 0 Å². The van der Waals surface area contributed by atoms with Crippen molar-refractivity contribution >= 4 is 23.0 Å². The molecule has 0 fully saturated rings. The van der Waals surface area contributed by atoms with E-state index in [1.807, 2.05) is 0 Å². The SMILES string of the molecule is CNC(=S)Nc1cccc(F)c1F. The summed E-state index contributed by atoms with van der Waals surface area (Å²) in [5.41, 5.74) is 0.0272. The number of thiocarbonyl (C=S) groups is 1. The van der Waals surface area contributed by atoms with E-state index < -0.39 is 11.6 Å². The topological polar surface area (TPSA) is 24.1 Å². The van der Waals surface area contributed by atoms with Crippen LogP contribution in [0, 0.1) is 11.6 Å². The molecule has 0 unspecified atom stereocenters. The van der Waals surface area contributed by atoms with Crippen LogP contribution in [0.3, 0.4) is 0 Å². The Kier molecular flexibility index (Phi) is 3.13. The van der Waals surface area contributed by atoms with Crippen molar-refractivity contribution in [3.8, 4) is 0 Å². The molecular weight excluding hydrogens is 194 g/mol. The Morgan fingerprint density at radius 1 is 1.38 bits per heavy atom. The van der Waals surface area contributed by atoms with Gasteiger partial charge in [-0.05, 0) is 24.4 Å². The molecule has 13 heavy (non-hydrogen) atoms. The molecule has 0 spiro atoms. The number of hydrogen-bond donors (Lipinski definition) is 2. The maximum absolute atomic E-state index is 13.0. The quantitative estimate of drug-likeness (QED) is 0.680. The van der Waals surface area contributed by atoms with Gasteiger partial charge in [-0.15, -0.1) is 0 Å². The van der Waals surface area contributed by atoms with Crippen molar-refractivity contribution in [3.05, 3.63) is 29.8 Å². The highest BCUT2D eigenvalue weighted by Crippen LogP contribution is 2.15. The average molecular weight is 202 g/mol. The van der Waals surface area contributed by atoms with Crippen LogP contribution < -0.4 is 10.6 Å². The van der Waals surface area contributed by atoms with Crippen LogP contribution in [0.5, 0.6) is 0 Å². The van der Waals surface area contributed by atoms with Gasteiger partial charge in [-0.3, -0.25) is 0 Å². The van der Waals surface area contributed by atoms with Crippen LogP contribution in [-0.2, 0) is 0 Å². The van der Waals surface area contributed by atoms with Crippen molar-refractivity contribution in [1.82, 2.24) is 5.32 Å². The van der Waals surface area contributed by atoms with Gasteiger partial charge in [0, 0.05) is 7.05 Å². The van der Waals surface area contributed by atoms with E-state index >= 15 is 0 Å².